The number of carbonyl (C=O) groups excluding carboxylic acids is 1. The second-order valence-corrected chi connectivity index (χ2v) is 7.50. The van der Waals surface area contributed by atoms with Crippen molar-refractivity contribution in [3.63, 3.8) is 0 Å². The molecule has 4 rings (SSSR count). The van der Waals surface area contributed by atoms with Gasteiger partial charge in [-0.3, -0.25) is 9.69 Å². The Morgan fingerprint density at radius 1 is 1.27 bits per heavy atom. The summed E-state index contributed by atoms with van der Waals surface area (Å²) < 4.78 is 0. The Labute approximate surface area is 176 Å². The number of fused-ring (bicyclic) bond motifs is 1. The summed E-state index contributed by atoms with van der Waals surface area (Å²) in [4.78, 5) is 26.8. The largest absolute Gasteiger partial charge is 0.340 e. The molecule has 6 nitrogen and oxygen atoms in total. The molecule has 1 aromatic heterocycles. The van der Waals surface area contributed by atoms with Crippen LogP contribution in [0.15, 0.2) is 53.8 Å². The van der Waals surface area contributed by atoms with Crippen LogP contribution in [0.2, 0.25) is 0 Å². The zero-order chi connectivity index (χ0) is 21.1. The Balaban J connectivity index is 1.70. The van der Waals surface area contributed by atoms with E-state index in [0.29, 0.717) is 0 Å². The fraction of sp³-hybridized carbons (Fsp3) is 0.250. The fourth-order valence-electron chi connectivity index (χ4n) is 3.84. The predicted molar refractivity (Wildman–Crippen MR) is 120 cm³/mol. The quantitative estimate of drug-likeness (QED) is 0.674. The molecule has 0 aliphatic carbocycles. The van der Waals surface area contributed by atoms with Crippen LogP contribution in [0.3, 0.4) is 0 Å². The van der Waals surface area contributed by atoms with E-state index in [4.69, 9.17) is 6.42 Å². The Bertz CT molecular complexity index is 1180. The van der Waals surface area contributed by atoms with Crippen molar-refractivity contribution in [3.8, 4) is 12.3 Å². The van der Waals surface area contributed by atoms with Gasteiger partial charge in [-0.25, -0.2) is 15.0 Å². The van der Waals surface area contributed by atoms with Gasteiger partial charge in [0, 0.05) is 48.3 Å². The van der Waals surface area contributed by atoms with E-state index in [1.165, 1.54) is 6.92 Å². The van der Waals surface area contributed by atoms with Crippen molar-refractivity contribution in [3.05, 3.63) is 59.9 Å². The van der Waals surface area contributed by atoms with E-state index in [-0.39, 0.29) is 11.9 Å². The fourth-order valence-corrected chi connectivity index (χ4v) is 3.84. The molecule has 1 atom stereocenters. The maximum Gasteiger partial charge on any atom is 0.242 e. The number of hydrogen-bond acceptors (Lipinski definition) is 5. The Hall–Kier alpha value is -3.56. The molecule has 2 heterocycles. The molecular weight excluding hydrogens is 374 g/mol. The third kappa shape index (κ3) is 4.22. The summed E-state index contributed by atoms with van der Waals surface area (Å²) in [5, 5.41) is 4.30. The second kappa shape index (κ2) is 8.44. The van der Waals surface area contributed by atoms with Crippen molar-refractivity contribution in [1.29, 1.82) is 0 Å². The van der Waals surface area contributed by atoms with Crippen LogP contribution in [0.4, 0.5) is 11.5 Å². The second-order valence-electron chi connectivity index (χ2n) is 7.50. The summed E-state index contributed by atoms with van der Waals surface area (Å²) >= 11 is 0. The van der Waals surface area contributed by atoms with E-state index in [2.05, 4.69) is 50.3 Å². The number of likely N-dealkylation sites (tertiary alicyclic amines) is 1. The number of nitrogens with zero attached hydrogens (tertiary/aromatic N) is 4. The number of hydrogen-bond donors (Lipinski definition) is 1. The van der Waals surface area contributed by atoms with Gasteiger partial charge in [0.15, 0.2) is 0 Å². The highest BCUT2D eigenvalue weighted by molar-refractivity contribution is 5.96. The molecule has 1 saturated heterocycles. The number of terminal acetylenes is 1. The van der Waals surface area contributed by atoms with Gasteiger partial charge in [-0.05, 0) is 49.4 Å². The minimum absolute atomic E-state index is 0.138. The van der Waals surface area contributed by atoms with Gasteiger partial charge < -0.3 is 5.32 Å². The molecule has 0 saturated carbocycles. The topological polar surface area (TPSA) is 70.5 Å². The number of aliphatic imine (C=N–C) groups is 1. The molecule has 1 amide bonds. The molecule has 150 valence electrons. The molecule has 6 heteroatoms. The third-order valence-electron chi connectivity index (χ3n) is 5.37. The lowest BCUT2D eigenvalue weighted by molar-refractivity contribution is -0.115. The standard InChI is InChI=1S/C24H23N5O/c1-4-17-6-5-7-19(12-17)28-24-21-13-18(8-9-22(21)25-15-26-24)23-14-20(27-16(2)30)10-11-29(23)3/h1,5-9,12-13,15,23H,10-11,14H2,2-3H3,(H,25,26,28). The Morgan fingerprint density at radius 3 is 2.93 bits per heavy atom. The van der Waals surface area contributed by atoms with Crippen LogP contribution in [-0.2, 0) is 4.79 Å². The summed E-state index contributed by atoms with van der Waals surface area (Å²) in [6.07, 6.45) is 8.64. The van der Waals surface area contributed by atoms with Gasteiger partial charge in [0.25, 0.3) is 0 Å². The van der Waals surface area contributed by atoms with Gasteiger partial charge in [0.2, 0.25) is 5.91 Å². The smallest absolute Gasteiger partial charge is 0.242 e. The number of amides is 1. The first-order valence-corrected chi connectivity index (χ1v) is 9.89. The van der Waals surface area contributed by atoms with Gasteiger partial charge in [-0.15, -0.1) is 6.42 Å². The van der Waals surface area contributed by atoms with E-state index >= 15 is 0 Å². The van der Waals surface area contributed by atoms with E-state index in [9.17, 15) is 4.79 Å². The van der Waals surface area contributed by atoms with Crippen LogP contribution in [-0.4, -0.2) is 40.1 Å². The van der Waals surface area contributed by atoms with Crippen LogP contribution in [0.1, 0.15) is 36.9 Å². The van der Waals surface area contributed by atoms with Crippen LogP contribution in [0, 0.1) is 12.3 Å². The monoisotopic (exact) mass is 397 g/mol. The first-order valence-electron chi connectivity index (χ1n) is 9.89. The van der Waals surface area contributed by atoms with Gasteiger partial charge in [-0.1, -0.05) is 18.1 Å². The first-order chi connectivity index (χ1) is 14.5. The number of benzene rings is 2. The number of nitrogens with one attached hydrogen (secondary N) is 1. The lowest BCUT2D eigenvalue weighted by Crippen LogP contribution is -2.34. The molecule has 0 bridgehead atoms. The lowest BCUT2D eigenvalue weighted by Gasteiger charge is -2.33. The molecule has 1 N–H and O–H groups in total. The summed E-state index contributed by atoms with van der Waals surface area (Å²) in [6.45, 7) is 2.37. The Kier molecular flexibility index (Phi) is 5.55. The number of carbonyl (C=O) groups is 1. The molecule has 30 heavy (non-hydrogen) atoms. The summed E-state index contributed by atoms with van der Waals surface area (Å²) in [5.74, 6) is 3.24. The van der Waals surface area contributed by atoms with Crippen LogP contribution >= 0.6 is 0 Å². The van der Waals surface area contributed by atoms with E-state index < -0.39 is 0 Å². The van der Waals surface area contributed by atoms with E-state index in [1.807, 2.05) is 30.3 Å². The molecule has 3 aromatic rings. The van der Waals surface area contributed by atoms with Gasteiger partial charge >= 0.3 is 0 Å². The first kappa shape index (κ1) is 19.7. The average Bonchev–Trinajstić information content (AvgIpc) is 2.75. The molecule has 2 aromatic carbocycles. The molecule has 1 unspecified atom stereocenters. The van der Waals surface area contributed by atoms with E-state index in [0.717, 1.165) is 58.6 Å². The van der Waals surface area contributed by atoms with Crippen LogP contribution < -0.4 is 5.32 Å². The number of aromatic nitrogens is 2. The van der Waals surface area contributed by atoms with Crippen molar-refractivity contribution < 1.29 is 4.79 Å². The summed E-state index contributed by atoms with van der Waals surface area (Å²) in [6, 6.07) is 14.1. The van der Waals surface area contributed by atoms with Gasteiger partial charge in [0.05, 0.1) is 5.52 Å². The number of anilines is 2. The molecule has 0 spiro atoms. The summed E-state index contributed by atoms with van der Waals surface area (Å²) in [7, 11) is 2.10. The lowest BCUT2D eigenvalue weighted by atomic mass is 9.93. The molecule has 1 aliphatic heterocycles. The van der Waals surface area contributed by atoms with Crippen LogP contribution in [0.5, 0.6) is 0 Å². The highest BCUT2D eigenvalue weighted by atomic mass is 16.1. The minimum Gasteiger partial charge on any atom is -0.340 e. The molecule has 1 fully saturated rings. The molecule has 1 aliphatic rings. The van der Waals surface area contributed by atoms with Crippen molar-refractivity contribution in [2.45, 2.75) is 25.8 Å². The van der Waals surface area contributed by atoms with Crippen LogP contribution in [0.25, 0.3) is 10.9 Å². The minimum atomic E-state index is -0.138. The summed E-state index contributed by atoms with van der Waals surface area (Å²) in [5.41, 5.74) is 4.65. The highest BCUT2D eigenvalue weighted by Crippen LogP contribution is 2.32. The number of piperidine rings is 1. The highest BCUT2D eigenvalue weighted by Gasteiger charge is 2.25. The maximum atomic E-state index is 11.4. The van der Waals surface area contributed by atoms with E-state index in [1.54, 1.807) is 6.33 Å². The van der Waals surface area contributed by atoms with Gasteiger partial charge in [0.1, 0.15) is 12.1 Å². The zero-order valence-electron chi connectivity index (χ0n) is 17.1. The maximum absolute atomic E-state index is 11.4. The molecular formula is C24H23N5O. The number of rotatable bonds is 3. The van der Waals surface area contributed by atoms with Crippen molar-refractivity contribution >= 4 is 34.0 Å². The molecule has 0 radical (unpaired) electrons. The van der Waals surface area contributed by atoms with Gasteiger partial charge in [-0.2, -0.15) is 0 Å². The predicted octanol–water partition coefficient (Wildman–Crippen LogP) is 4.11. The SMILES string of the molecule is C#Cc1cccc(Nc2ncnc3ccc(C4CC(=NC(C)=O)CCN4C)cc23)c1. The third-order valence-corrected chi connectivity index (χ3v) is 5.37. The van der Waals surface area contributed by atoms with Crippen molar-refractivity contribution in [2.24, 2.45) is 4.99 Å². The normalized spacial score (nSPS) is 18.3. The Morgan fingerprint density at radius 2 is 2.13 bits per heavy atom. The van der Waals surface area contributed by atoms with Crippen molar-refractivity contribution in [1.82, 2.24) is 14.9 Å². The average molecular weight is 397 g/mol. The zero-order valence-corrected chi connectivity index (χ0v) is 17.1. The van der Waals surface area contributed by atoms with Crippen molar-refractivity contribution in [2.75, 3.05) is 18.9 Å².